The summed E-state index contributed by atoms with van der Waals surface area (Å²) in [7, 11) is 0. The molecule has 3 rings (SSSR count). The Hall–Kier alpha value is -1.84. The van der Waals surface area contributed by atoms with E-state index in [1.165, 1.54) is 11.2 Å². The average Bonchev–Trinajstić information content (AvgIpc) is 2.89. The van der Waals surface area contributed by atoms with Crippen LogP contribution in [0, 0.1) is 0 Å². The molecule has 0 spiro atoms. The van der Waals surface area contributed by atoms with E-state index < -0.39 is 30.7 Å². The number of aliphatic hydroxyl groups is 1. The minimum atomic E-state index is -4.68. The molecule has 2 aliphatic rings. The van der Waals surface area contributed by atoms with Crippen LogP contribution < -0.4 is 5.32 Å². The van der Waals surface area contributed by atoms with Gasteiger partial charge in [0.1, 0.15) is 12.2 Å². The Morgan fingerprint density at radius 2 is 2.08 bits per heavy atom. The predicted molar refractivity (Wildman–Crippen MR) is 77.0 cm³/mol. The highest BCUT2D eigenvalue weighted by Crippen LogP contribution is 2.38. The standard InChI is InChI=1S/C14H20F3N5O2/c15-14(16,17)13(24)4-2-6-21(8-5-13)12(23)20-10-3-1-7-22-11(10)18-9-19-22/h9-10,24H,1-8H2,(H,20,23). The topological polar surface area (TPSA) is 83.3 Å². The normalized spacial score (nSPS) is 28.2. The number of aryl methyl sites for hydroxylation is 1. The van der Waals surface area contributed by atoms with E-state index in [0.29, 0.717) is 12.2 Å². The molecule has 0 saturated carbocycles. The van der Waals surface area contributed by atoms with E-state index >= 15 is 0 Å². The number of halogens is 3. The number of fused-ring (bicyclic) bond motifs is 1. The summed E-state index contributed by atoms with van der Waals surface area (Å²) in [5.74, 6) is 0.663. The van der Waals surface area contributed by atoms with Gasteiger partial charge in [-0.3, -0.25) is 0 Å². The van der Waals surface area contributed by atoms with Gasteiger partial charge in [-0.05, 0) is 25.7 Å². The minimum absolute atomic E-state index is 0.101. The van der Waals surface area contributed by atoms with Gasteiger partial charge in [0.05, 0.1) is 6.04 Å². The van der Waals surface area contributed by atoms with E-state index in [1.807, 2.05) is 0 Å². The summed E-state index contributed by atoms with van der Waals surface area (Å²) >= 11 is 0. The zero-order valence-corrected chi connectivity index (χ0v) is 13.1. The number of nitrogens with one attached hydrogen (secondary N) is 1. The number of urea groups is 1. The molecule has 24 heavy (non-hydrogen) atoms. The van der Waals surface area contributed by atoms with Gasteiger partial charge >= 0.3 is 12.2 Å². The minimum Gasteiger partial charge on any atom is -0.380 e. The van der Waals surface area contributed by atoms with Crippen molar-refractivity contribution in [3.8, 4) is 0 Å². The van der Waals surface area contributed by atoms with E-state index in [1.54, 1.807) is 4.68 Å². The number of hydrogen-bond acceptors (Lipinski definition) is 4. The molecular weight excluding hydrogens is 327 g/mol. The number of nitrogens with zero attached hydrogens (tertiary/aromatic N) is 4. The third-order valence-corrected chi connectivity index (χ3v) is 4.75. The maximum Gasteiger partial charge on any atom is 0.417 e. The number of carbonyl (C=O) groups is 1. The molecule has 1 fully saturated rings. The van der Waals surface area contributed by atoms with Gasteiger partial charge in [-0.1, -0.05) is 0 Å². The summed E-state index contributed by atoms with van der Waals surface area (Å²) in [6.07, 6.45) is -2.50. The van der Waals surface area contributed by atoms with Crippen molar-refractivity contribution in [1.82, 2.24) is 25.0 Å². The molecule has 2 unspecified atom stereocenters. The first-order chi connectivity index (χ1) is 11.3. The summed E-state index contributed by atoms with van der Waals surface area (Å²) < 4.78 is 40.6. The first-order valence-corrected chi connectivity index (χ1v) is 8.02. The third kappa shape index (κ3) is 3.19. The smallest absolute Gasteiger partial charge is 0.380 e. The Morgan fingerprint density at radius 1 is 1.29 bits per heavy atom. The van der Waals surface area contributed by atoms with Gasteiger partial charge in [-0.25, -0.2) is 14.5 Å². The zero-order chi connectivity index (χ0) is 17.4. The second-order valence-corrected chi connectivity index (χ2v) is 6.36. The molecule has 0 aromatic carbocycles. The molecule has 134 valence electrons. The molecule has 10 heteroatoms. The van der Waals surface area contributed by atoms with Crippen molar-refractivity contribution < 1.29 is 23.1 Å². The van der Waals surface area contributed by atoms with Crippen LogP contribution in [0.25, 0.3) is 0 Å². The number of aromatic nitrogens is 3. The summed E-state index contributed by atoms with van der Waals surface area (Å²) in [6, 6.07) is -0.721. The van der Waals surface area contributed by atoms with Crippen LogP contribution in [0.15, 0.2) is 6.33 Å². The molecule has 7 nitrogen and oxygen atoms in total. The second kappa shape index (κ2) is 6.23. The SMILES string of the molecule is O=C(NC1CCCn2ncnc21)N1CCCC(O)(C(F)(F)F)CC1. The Morgan fingerprint density at radius 3 is 2.83 bits per heavy atom. The van der Waals surface area contributed by atoms with Crippen molar-refractivity contribution in [2.45, 2.75) is 56.5 Å². The van der Waals surface area contributed by atoms with Crippen LogP contribution in [0.5, 0.6) is 0 Å². The Kier molecular flexibility index (Phi) is 4.41. The molecule has 0 aliphatic carbocycles. The largest absolute Gasteiger partial charge is 0.417 e. The van der Waals surface area contributed by atoms with Gasteiger partial charge in [0.25, 0.3) is 0 Å². The molecule has 2 aliphatic heterocycles. The van der Waals surface area contributed by atoms with Gasteiger partial charge in [-0.2, -0.15) is 18.3 Å². The number of carbonyl (C=O) groups excluding carboxylic acids is 1. The van der Waals surface area contributed by atoms with Crippen LogP contribution in [0.3, 0.4) is 0 Å². The fourth-order valence-corrected chi connectivity index (χ4v) is 3.27. The molecule has 2 N–H and O–H groups in total. The highest BCUT2D eigenvalue weighted by atomic mass is 19.4. The second-order valence-electron chi connectivity index (χ2n) is 6.36. The first-order valence-electron chi connectivity index (χ1n) is 8.02. The van der Waals surface area contributed by atoms with Gasteiger partial charge in [0, 0.05) is 26.1 Å². The number of rotatable bonds is 1. The maximum atomic E-state index is 12.9. The number of likely N-dealkylation sites (tertiary alicyclic amines) is 1. The molecular formula is C14H20F3N5O2. The van der Waals surface area contributed by atoms with Crippen LogP contribution in [0.1, 0.15) is 44.0 Å². The molecule has 3 heterocycles. The van der Waals surface area contributed by atoms with Gasteiger partial charge < -0.3 is 15.3 Å². The Bertz CT molecular complexity index is 605. The van der Waals surface area contributed by atoms with E-state index in [4.69, 9.17) is 0 Å². The number of alkyl halides is 3. The third-order valence-electron chi connectivity index (χ3n) is 4.75. The lowest BCUT2D eigenvalue weighted by Gasteiger charge is -2.30. The van der Waals surface area contributed by atoms with E-state index in [2.05, 4.69) is 15.4 Å². The monoisotopic (exact) mass is 347 g/mol. The fourth-order valence-electron chi connectivity index (χ4n) is 3.27. The summed E-state index contributed by atoms with van der Waals surface area (Å²) in [4.78, 5) is 17.9. The van der Waals surface area contributed by atoms with E-state index in [-0.39, 0.29) is 25.6 Å². The number of amides is 2. The molecule has 1 saturated heterocycles. The summed E-state index contributed by atoms with van der Waals surface area (Å²) in [5, 5.41) is 16.7. The van der Waals surface area contributed by atoms with Crippen LogP contribution in [-0.4, -0.2) is 55.7 Å². The first kappa shape index (κ1) is 17.0. The lowest BCUT2D eigenvalue weighted by molar-refractivity contribution is -0.263. The van der Waals surface area contributed by atoms with E-state index in [9.17, 15) is 23.1 Å². The van der Waals surface area contributed by atoms with Gasteiger partial charge in [0.2, 0.25) is 0 Å². The highest BCUT2D eigenvalue weighted by molar-refractivity contribution is 5.74. The van der Waals surface area contributed by atoms with Crippen molar-refractivity contribution >= 4 is 6.03 Å². The molecule has 0 bridgehead atoms. The Labute approximate surface area is 136 Å². The zero-order valence-electron chi connectivity index (χ0n) is 13.1. The average molecular weight is 347 g/mol. The van der Waals surface area contributed by atoms with Crippen molar-refractivity contribution in [3.63, 3.8) is 0 Å². The lowest BCUT2D eigenvalue weighted by Crippen LogP contribution is -2.47. The predicted octanol–water partition coefficient (Wildman–Crippen LogP) is 1.60. The van der Waals surface area contributed by atoms with Crippen molar-refractivity contribution in [2.24, 2.45) is 0 Å². The van der Waals surface area contributed by atoms with Gasteiger partial charge in [0.15, 0.2) is 5.60 Å². The van der Waals surface area contributed by atoms with Crippen molar-refractivity contribution in [2.75, 3.05) is 13.1 Å². The Balaban J connectivity index is 1.63. The van der Waals surface area contributed by atoms with Crippen LogP contribution in [0.4, 0.5) is 18.0 Å². The molecule has 2 amide bonds. The van der Waals surface area contributed by atoms with Crippen LogP contribution in [-0.2, 0) is 6.54 Å². The van der Waals surface area contributed by atoms with E-state index in [0.717, 1.165) is 13.0 Å². The lowest BCUT2D eigenvalue weighted by atomic mass is 9.94. The number of hydrogen-bond donors (Lipinski definition) is 2. The molecule has 1 aromatic rings. The molecule has 2 atom stereocenters. The summed E-state index contributed by atoms with van der Waals surface area (Å²) in [6.45, 7) is 0.787. The van der Waals surface area contributed by atoms with Crippen LogP contribution >= 0.6 is 0 Å². The highest BCUT2D eigenvalue weighted by Gasteiger charge is 2.53. The van der Waals surface area contributed by atoms with Crippen molar-refractivity contribution in [3.05, 3.63) is 12.2 Å². The maximum absolute atomic E-state index is 12.9. The molecule has 1 aromatic heterocycles. The fraction of sp³-hybridized carbons (Fsp3) is 0.786. The summed E-state index contributed by atoms with van der Waals surface area (Å²) in [5.41, 5.74) is -2.72. The van der Waals surface area contributed by atoms with Gasteiger partial charge in [-0.15, -0.1) is 0 Å². The molecule has 0 radical (unpaired) electrons. The van der Waals surface area contributed by atoms with Crippen LogP contribution in [0.2, 0.25) is 0 Å². The quantitative estimate of drug-likeness (QED) is 0.808. The van der Waals surface area contributed by atoms with Crippen molar-refractivity contribution in [1.29, 1.82) is 0 Å².